The fourth-order valence-corrected chi connectivity index (χ4v) is 6.83. The molecule has 0 bridgehead atoms. The van der Waals surface area contributed by atoms with E-state index in [0.29, 0.717) is 5.56 Å². The Balaban J connectivity index is 1.96. The molecular weight excluding hydrogens is 594 g/mol. The normalized spacial score (nSPS) is 18.7. The molecule has 8 nitrogen and oxygen atoms in total. The Kier molecular flexibility index (Phi) is 13.5. The lowest BCUT2D eigenvalue weighted by Gasteiger charge is -2.42. The Labute approximate surface area is 263 Å². The first-order valence-electron chi connectivity index (χ1n) is 16.1. The van der Waals surface area contributed by atoms with Gasteiger partial charge in [0.25, 0.3) is 6.43 Å². The van der Waals surface area contributed by atoms with Crippen LogP contribution in [0.4, 0.5) is 28.0 Å². The molecule has 2 fully saturated rings. The van der Waals surface area contributed by atoms with Gasteiger partial charge in [-0.15, -0.1) is 0 Å². The minimum Gasteiger partial charge on any atom is -0.444 e. The van der Waals surface area contributed by atoms with Gasteiger partial charge in [0.1, 0.15) is 17.5 Å². The van der Waals surface area contributed by atoms with E-state index in [1.807, 2.05) is 0 Å². The smallest absolute Gasteiger partial charge is 0.408 e. The van der Waals surface area contributed by atoms with E-state index in [4.69, 9.17) is 9.47 Å². The SMILES string of the molecule is COCc1cc(NC(=O)[C@@H](NC(=O)OC(C)(C)C)C(C2CCCCC2)C2CCCCC2)c(F)cc1C(C)C(=O)NC(F)C(F)F. The minimum absolute atomic E-state index is 0.0945. The number of rotatable bonds is 12. The number of alkyl carbamates (subject to hydrolysis) is 1. The van der Waals surface area contributed by atoms with Crippen molar-refractivity contribution in [1.82, 2.24) is 10.6 Å². The number of methoxy groups -OCH3 is 1. The van der Waals surface area contributed by atoms with Crippen LogP contribution in [0.2, 0.25) is 0 Å². The quantitative estimate of drug-likeness (QED) is 0.163. The fourth-order valence-electron chi connectivity index (χ4n) is 6.83. The van der Waals surface area contributed by atoms with Gasteiger partial charge < -0.3 is 25.4 Å². The molecule has 2 unspecified atom stereocenters. The number of hydrogen-bond acceptors (Lipinski definition) is 5. The van der Waals surface area contributed by atoms with E-state index in [1.54, 1.807) is 26.1 Å². The van der Waals surface area contributed by atoms with E-state index in [9.17, 15) is 27.6 Å². The highest BCUT2D eigenvalue weighted by molar-refractivity contribution is 5.97. The van der Waals surface area contributed by atoms with Gasteiger partial charge in [-0.1, -0.05) is 64.2 Å². The van der Waals surface area contributed by atoms with Gasteiger partial charge >= 0.3 is 6.09 Å². The second kappa shape index (κ2) is 16.6. The molecular formula is C33H49F4N3O5. The average molecular weight is 644 g/mol. The van der Waals surface area contributed by atoms with Crippen molar-refractivity contribution in [2.45, 2.75) is 129 Å². The summed E-state index contributed by atoms with van der Waals surface area (Å²) in [6.45, 7) is 6.43. The predicted molar refractivity (Wildman–Crippen MR) is 163 cm³/mol. The third-order valence-electron chi connectivity index (χ3n) is 8.88. The zero-order valence-corrected chi connectivity index (χ0v) is 27.0. The van der Waals surface area contributed by atoms with E-state index in [1.165, 1.54) is 20.1 Å². The summed E-state index contributed by atoms with van der Waals surface area (Å²) in [7, 11) is 1.38. The first-order chi connectivity index (χ1) is 21.2. The van der Waals surface area contributed by atoms with Crippen LogP contribution in [0.3, 0.4) is 0 Å². The zero-order valence-electron chi connectivity index (χ0n) is 27.0. The molecule has 0 aliphatic heterocycles. The number of benzene rings is 1. The lowest BCUT2D eigenvalue weighted by molar-refractivity contribution is -0.126. The Morgan fingerprint density at radius 2 is 1.44 bits per heavy atom. The maximum absolute atomic E-state index is 15.6. The molecule has 0 spiro atoms. The van der Waals surface area contributed by atoms with Crippen LogP contribution in [0, 0.1) is 23.6 Å². The number of hydrogen-bond donors (Lipinski definition) is 3. The summed E-state index contributed by atoms with van der Waals surface area (Å²) >= 11 is 0. The van der Waals surface area contributed by atoms with Crippen LogP contribution in [0.15, 0.2) is 12.1 Å². The number of alkyl halides is 3. The van der Waals surface area contributed by atoms with Crippen molar-refractivity contribution in [3.63, 3.8) is 0 Å². The second-order valence-corrected chi connectivity index (χ2v) is 13.4. The molecule has 0 aromatic heterocycles. The maximum Gasteiger partial charge on any atom is 0.408 e. The Morgan fingerprint density at radius 1 is 0.889 bits per heavy atom. The number of nitrogens with one attached hydrogen (secondary N) is 3. The molecule has 1 aromatic rings. The van der Waals surface area contributed by atoms with E-state index in [0.717, 1.165) is 70.3 Å². The molecule has 1 aromatic carbocycles. The van der Waals surface area contributed by atoms with Gasteiger partial charge in [0.05, 0.1) is 18.2 Å². The number of carbonyl (C=O) groups is 3. The van der Waals surface area contributed by atoms with Crippen LogP contribution in [-0.4, -0.2) is 49.4 Å². The molecule has 0 saturated heterocycles. The van der Waals surface area contributed by atoms with Crippen molar-refractivity contribution in [3.05, 3.63) is 29.1 Å². The summed E-state index contributed by atoms with van der Waals surface area (Å²) in [6.07, 6.45) is 3.13. The largest absolute Gasteiger partial charge is 0.444 e. The molecule has 0 radical (unpaired) electrons. The molecule has 3 N–H and O–H groups in total. The van der Waals surface area contributed by atoms with Crippen molar-refractivity contribution in [2.24, 2.45) is 17.8 Å². The molecule has 45 heavy (non-hydrogen) atoms. The Bertz CT molecular complexity index is 1130. The molecule has 3 amide bonds. The first-order valence-corrected chi connectivity index (χ1v) is 16.1. The monoisotopic (exact) mass is 643 g/mol. The lowest BCUT2D eigenvalue weighted by atomic mass is 9.66. The molecule has 2 saturated carbocycles. The summed E-state index contributed by atoms with van der Waals surface area (Å²) < 4.78 is 65.2. The number of halogens is 4. The van der Waals surface area contributed by atoms with Gasteiger partial charge in [0, 0.05) is 7.11 Å². The van der Waals surface area contributed by atoms with E-state index < -0.39 is 54.0 Å². The fraction of sp³-hybridized carbons (Fsp3) is 0.727. The van der Waals surface area contributed by atoms with Gasteiger partial charge in [-0.2, -0.15) is 0 Å². The van der Waals surface area contributed by atoms with Crippen molar-refractivity contribution in [2.75, 3.05) is 12.4 Å². The van der Waals surface area contributed by atoms with Crippen molar-refractivity contribution in [1.29, 1.82) is 0 Å². The third kappa shape index (κ3) is 10.6. The van der Waals surface area contributed by atoms with Gasteiger partial charge in [0.15, 0.2) is 0 Å². The molecule has 3 atom stereocenters. The van der Waals surface area contributed by atoms with Crippen LogP contribution < -0.4 is 16.0 Å². The molecule has 2 aliphatic carbocycles. The predicted octanol–water partition coefficient (Wildman–Crippen LogP) is 7.36. The summed E-state index contributed by atoms with van der Waals surface area (Å²) in [5.41, 5.74) is -0.594. The third-order valence-corrected chi connectivity index (χ3v) is 8.88. The van der Waals surface area contributed by atoms with E-state index in [-0.39, 0.29) is 35.6 Å². The minimum atomic E-state index is -3.41. The summed E-state index contributed by atoms with van der Waals surface area (Å²) in [6, 6.07) is 1.34. The molecule has 254 valence electrons. The second-order valence-electron chi connectivity index (χ2n) is 13.4. The standard InChI is InChI=1S/C33H49F4N3O5/c1-19(30(41)40-29(37)28(35)36)23-17-24(34)25(16-22(23)18-44-5)38-31(42)27(39-32(43)45-33(2,3)4)26(20-12-8-6-9-13-20)21-14-10-7-11-15-21/h16-17,19-21,26-29H,6-15,18H2,1-5H3,(H,38,42)(H,39,43)(H,40,41)/t19?,27-,29?/m0/s1. The Morgan fingerprint density at radius 3 is 1.93 bits per heavy atom. The molecule has 2 aliphatic rings. The summed E-state index contributed by atoms with van der Waals surface area (Å²) in [5.74, 6) is -3.49. The average Bonchev–Trinajstić information content (AvgIpc) is 2.98. The Hall–Kier alpha value is -2.89. The first kappa shape index (κ1) is 36.6. The van der Waals surface area contributed by atoms with Crippen LogP contribution in [-0.2, 0) is 25.7 Å². The van der Waals surface area contributed by atoms with Gasteiger partial charge in [-0.25, -0.2) is 22.4 Å². The highest BCUT2D eigenvalue weighted by atomic mass is 19.3. The topological polar surface area (TPSA) is 106 Å². The van der Waals surface area contributed by atoms with Crippen molar-refractivity contribution < 1.29 is 41.4 Å². The number of ether oxygens (including phenoxy) is 2. The van der Waals surface area contributed by atoms with E-state index in [2.05, 4.69) is 10.6 Å². The highest BCUT2D eigenvalue weighted by Gasteiger charge is 2.42. The van der Waals surface area contributed by atoms with Gasteiger partial charge in [0.2, 0.25) is 18.1 Å². The number of anilines is 1. The van der Waals surface area contributed by atoms with Crippen molar-refractivity contribution >= 4 is 23.6 Å². The molecule has 12 heteroatoms. The van der Waals surface area contributed by atoms with Crippen LogP contribution >= 0.6 is 0 Å². The van der Waals surface area contributed by atoms with E-state index >= 15 is 4.39 Å². The highest BCUT2D eigenvalue weighted by Crippen LogP contribution is 2.42. The van der Waals surface area contributed by atoms with Crippen molar-refractivity contribution in [3.8, 4) is 0 Å². The maximum atomic E-state index is 15.6. The van der Waals surface area contributed by atoms with Crippen LogP contribution in [0.25, 0.3) is 0 Å². The molecule has 3 rings (SSSR count). The number of carbonyl (C=O) groups excluding carboxylic acids is 3. The van der Waals surface area contributed by atoms with Gasteiger partial charge in [-0.05, 0) is 68.7 Å². The van der Waals surface area contributed by atoms with Crippen LogP contribution in [0.5, 0.6) is 0 Å². The summed E-state index contributed by atoms with van der Waals surface area (Å²) in [4.78, 5) is 39.7. The van der Waals surface area contributed by atoms with Crippen LogP contribution in [0.1, 0.15) is 109 Å². The zero-order chi connectivity index (χ0) is 33.3. The lowest BCUT2D eigenvalue weighted by Crippen LogP contribution is -2.54. The number of amides is 3. The summed E-state index contributed by atoms with van der Waals surface area (Å²) in [5, 5.41) is 7.12. The van der Waals surface area contributed by atoms with Gasteiger partial charge in [-0.3, -0.25) is 9.59 Å². The molecule has 0 heterocycles.